The molecule has 1 N–H and O–H groups in total. The van der Waals surface area contributed by atoms with Gasteiger partial charge < -0.3 is 19.5 Å². The molecular weight excluding hydrogens is 636 g/mol. The molecule has 7 rings (SSSR count). The highest BCUT2D eigenvalue weighted by Gasteiger charge is 2.36. The number of carbonyl (C=O) groups excluding carboxylic acids is 2. The largest absolute Gasteiger partial charge is 0.497 e. The lowest BCUT2D eigenvalue weighted by molar-refractivity contribution is 0.0934. The Hall–Kier alpha value is -4.80. The van der Waals surface area contributed by atoms with Gasteiger partial charge in [0.2, 0.25) is 0 Å². The lowest BCUT2D eigenvalue weighted by Crippen LogP contribution is -2.32. The molecule has 1 atom stereocenters. The van der Waals surface area contributed by atoms with E-state index in [1.165, 1.54) is 34.3 Å². The summed E-state index contributed by atoms with van der Waals surface area (Å²) >= 11 is 7.62. The lowest BCUT2D eigenvalue weighted by Gasteiger charge is -2.24. The van der Waals surface area contributed by atoms with Crippen LogP contribution in [0.4, 0.5) is 10.6 Å². The zero-order chi connectivity index (χ0) is 32.5. The van der Waals surface area contributed by atoms with Crippen molar-refractivity contribution in [3.05, 3.63) is 117 Å². The topological polar surface area (TPSA) is 94.9 Å². The molecule has 3 heterocycles. The van der Waals surface area contributed by atoms with Crippen LogP contribution in [0.5, 0.6) is 11.5 Å². The second kappa shape index (κ2) is 13.1. The summed E-state index contributed by atoms with van der Waals surface area (Å²) in [7, 11) is 3.06. The van der Waals surface area contributed by atoms with Gasteiger partial charge in [-0.05, 0) is 59.4 Å². The average Bonchev–Trinajstić information content (AvgIpc) is 3.91. The van der Waals surface area contributed by atoms with Gasteiger partial charge in [0.1, 0.15) is 23.9 Å². The molecule has 0 bridgehead atoms. The summed E-state index contributed by atoms with van der Waals surface area (Å²) in [5.41, 5.74) is 5.60. The van der Waals surface area contributed by atoms with Crippen LogP contribution in [0.1, 0.15) is 56.9 Å². The highest BCUT2D eigenvalue weighted by atomic mass is 35.5. The third kappa shape index (κ3) is 5.94. The van der Waals surface area contributed by atoms with Crippen molar-refractivity contribution in [3.63, 3.8) is 0 Å². The van der Waals surface area contributed by atoms with Gasteiger partial charge in [0, 0.05) is 29.5 Å². The average molecular weight is 669 g/mol. The Morgan fingerprint density at radius 3 is 2.38 bits per heavy atom. The van der Waals surface area contributed by atoms with Gasteiger partial charge in [-0.3, -0.25) is 9.69 Å². The van der Waals surface area contributed by atoms with E-state index in [9.17, 15) is 9.59 Å². The number of rotatable bonds is 9. The minimum Gasteiger partial charge on any atom is -0.497 e. The van der Waals surface area contributed by atoms with E-state index in [2.05, 4.69) is 29.6 Å². The number of benzene rings is 3. The first-order valence-electron chi connectivity index (χ1n) is 15.4. The van der Waals surface area contributed by atoms with Crippen LogP contribution in [-0.2, 0) is 11.3 Å². The summed E-state index contributed by atoms with van der Waals surface area (Å²) in [6, 6.07) is 26.8. The molecule has 1 saturated heterocycles. The number of hydrogen-bond donors (Lipinski definition) is 1. The Labute approximate surface area is 281 Å². The van der Waals surface area contributed by atoms with Crippen LogP contribution < -0.4 is 14.8 Å². The number of halogens is 1. The van der Waals surface area contributed by atoms with Crippen molar-refractivity contribution < 1.29 is 23.8 Å². The normalized spacial score (nSPS) is 15.3. The highest BCUT2D eigenvalue weighted by Crippen LogP contribution is 2.45. The van der Waals surface area contributed by atoms with Crippen LogP contribution in [0.15, 0.2) is 84.9 Å². The Kier molecular flexibility index (Phi) is 8.62. The van der Waals surface area contributed by atoms with Crippen molar-refractivity contribution in [1.82, 2.24) is 14.7 Å². The van der Waals surface area contributed by atoms with Crippen LogP contribution in [0.3, 0.4) is 0 Å². The van der Waals surface area contributed by atoms with E-state index in [0.29, 0.717) is 52.4 Å². The van der Waals surface area contributed by atoms with E-state index in [4.69, 9.17) is 30.9 Å². The number of nitrogens with zero attached hydrogens (tertiary/aromatic N) is 3. The summed E-state index contributed by atoms with van der Waals surface area (Å²) in [4.78, 5) is 30.4. The summed E-state index contributed by atoms with van der Waals surface area (Å²) < 4.78 is 18.9. The molecule has 5 aromatic rings. The maximum absolute atomic E-state index is 14.0. The molecule has 1 amide bonds. The molecule has 2 aliphatic rings. The number of carbonyl (C=O) groups is 2. The summed E-state index contributed by atoms with van der Waals surface area (Å²) in [5, 5.41) is 8.13. The van der Waals surface area contributed by atoms with Gasteiger partial charge in [0.05, 0.1) is 42.4 Å². The second-order valence-corrected chi connectivity index (χ2v) is 13.3. The Morgan fingerprint density at radius 2 is 1.70 bits per heavy atom. The monoisotopic (exact) mass is 668 g/mol. The number of thiophene rings is 1. The molecule has 1 aliphatic carbocycles. The third-order valence-corrected chi connectivity index (χ3v) is 10.0. The molecule has 2 aromatic heterocycles. The van der Waals surface area contributed by atoms with Crippen molar-refractivity contribution >= 4 is 40.8 Å². The summed E-state index contributed by atoms with van der Waals surface area (Å²) in [6.45, 7) is 1.21. The fourth-order valence-electron chi connectivity index (χ4n) is 6.53. The van der Waals surface area contributed by atoms with Crippen LogP contribution >= 0.6 is 22.9 Å². The first kappa shape index (κ1) is 30.8. The van der Waals surface area contributed by atoms with Gasteiger partial charge in [0.25, 0.3) is 5.91 Å². The lowest BCUT2D eigenvalue weighted by atomic mass is 9.98. The van der Waals surface area contributed by atoms with E-state index >= 15 is 0 Å². The van der Waals surface area contributed by atoms with Crippen LogP contribution in [-0.4, -0.2) is 54.1 Å². The Balaban J connectivity index is 1.14. The molecule has 3 aromatic carbocycles. The van der Waals surface area contributed by atoms with Gasteiger partial charge in [-0.25, -0.2) is 4.79 Å². The quantitative estimate of drug-likeness (QED) is 0.170. The van der Waals surface area contributed by atoms with Crippen molar-refractivity contribution in [1.29, 1.82) is 0 Å². The van der Waals surface area contributed by atoms with Gasteiger partial charge >= 0.3 is 6.09 Å². The van der Waals surface area contributed by atoms with Gasteiger partial charge in [-0.15, -0.1) is 11.3 Å². The molecule has 1 aliphatic heterocycles. The number of ether oxygens (including phenoxy) is 3. The summed E-state index contributed by atoms with van der Waals surface area (Å²) in [5.74, 6) is 1.01. The minimum absolute atomic E-state index is 0.0368. The third-order valence-electron chi connectivity index (χ3n) is 8.80. The zero-order valence-corrected chi connectivity index (χ0v) is 27.5. The SMILES string of the molecule is COc1ccc(C(=O)n2nc(C3CCCN3C(=O)OCC3c4ccccc4-c4ccccc43)cc2NCc2ccc(Cl)s2)c(OC)c1. The first-order valence-corrected chi connectivity index (χ1v) is 16.6. The fraction of sp³-hybridized carbons (Fsp3) is 0.250. The van der Waals surface area contributed by atoms with E-state index in [1.54, 1.807) is 30.2 Å². The van der Waals surface area contributed by atoms with Crippen molar-refractivity contribution in [3.8, 4) is 22.6 Å². The van der Waals surface area contributed by atoms with Crippen LogP contribution in [0, 0.1) is 0 Å². The van der Waals surface area contributed by atoms with Gasteiger partial charge in [-0.2, -0.15) is 9.78 Å². The molecule has 0 spiro atoms. The summed E-state index contributed by atoms with van der Waals surface area (Å²) in [6.07, 6.45) is 1.09. The van der Waals surface area contributed by atoms with E-state index < -0.39 is 6.09 Å². The highest BCUT2D eigenvalue weighted by molar-refractivity contribution is 7.16. The molecule has 240 valence electrons. The number of aromatic nitrogens is 2. The molecule has 1 fully saturated rings. The number of amides is 1. The smallest absolute Gasteiger partial charge is 0.410 e. The van der Waals surface area contributed by atoms with E-state index in [-0.39, 0.29) is 24.5 Å². The van der Waals surface area contributed by atoms with Crippen molar-refractivity contribution in [2.75, 3.05) is 32.7 Å². The standard InChI is InChI=1S/C36H33ClN4O5S/c1-44-22-13-15-28(32(18-22)45-2)35(42)41-34(38-20-23-14-16-33(37)47-23)19-30(39-41)31-12-7-17-40(31)36(43)46-21-29-26-10-5-3-8-24(26)25-9-4-6-11-27(25)29/h3-6,8-11,13-16,18-19,29,31,38H,7,12,17,20-21H2,1-2H3. The predicted molar refractivity (Wildman–Crippen MR) is 182 cm³/mol. The number of likely N-dealkylation sites (tertiary alicyclic amines) is 1. The number of fused-ring (bicyclic) bond motifs is 3. The van der Waals surface area contributed by atoms with Crippen LogP contribution in [0.2, 0.25) is 4.34 Å². The van der Waals surface area contributed by atoms with E-state index in [1.807, 2.05) is 42.5 Å². The second-order valence-electron chi connectivity index (χ2n) is 11.5. The number of anilines is 1. The van der Waals surface area contributed by atoms with Crippen molar-refractivity contribution in [2.24, 2.45) is 0 Å². The molecular formula is C36H33ClN4O5S. The first-order chi connectivity index (χ1) is 22.9. The minimum atomic E-state index is -0.394. The maximum Gasteiger partial charge on any atom is 0.410 e. The molecule has 47 heavy (non-hydrogen) atoms. The van der Waals surface area contributed by atoms with Gasteiger partial charge in [-0.1, -0.05) is 60.1 Å². The molecule has 9 nitrogen and oxygen atoms in total. The van der Waals surface area contributed by atoms with E-state index in [0.717, 1.165) is 22.4 Å². The molecule has 0 saturated carbocycles. The zero-order valence-electron chi connectivity index (χ0n) is 25.9. The number of nitrogens with one attached hydrogen (secondary N) is 1. The number of hydrogen-bond acceptors (Lipinski definition) is 8. The molecule has 11 heteroatoms. The fourth-order valence-corrected chi connectivity index (χ4v) is 7.55. The van der Waals surface area contributed by atoms with Crippen LogP contribution in [0.25, 0.3) is 11.1 Å². The Morgan fingerprint density at radius 1 is 0.957 bits per heavy atom. The molecule has 0 radical (unpaired) electrons. The van der Waals surface area contributed by atoms with Crippen molar-refractivity contribution in [2.45, 2.75) is 31.3 Å². The molecule has 1 unspecified atom stereocenters. The number of methoxy groups -OCH3 is 2. The maximum atomic E-state index is 14.0. The Bertz CT molecular complexity index is 1910. The predicted octanol–water partition coefficient (Wildman–Crippen LogP) is 8.00. The van der Waals surface area contributed by atoms with Gasteiger partial charge in [0.15, 0.2) is 0 Å².